The summed E-state index contributed by atoms with van der Waals surface area (Å²) < 4.78 is 30.8. The van der Waals surface area contributed by atoms with Gasteiger partial charge >= 0.3 is 13.2 Å². The largest absolute Gasteiger partial charge is 0.494 e. The van der Waals surface area contributed by atoms with E-state index in [1.165, 1.54) is 0 Å². The van der Waals surface area contributed by atoms with Crippen molar-refractivity contribution in [3.8, 4) is 0 Å². The molecule has 5 rings (SSSR count). The molecule has 198 valence electrons. The first-order valence-corrected chi connectivity index (χ1v) is 13.5. The van der Waals surface area contributed by atoms with E-state index in [0.717, 1.165) is 43.1 Å². The van der Waals surface area contributed by atoms with Crippen molar-refractivity contribution in [2.75, 3.05) is 19.8 Å². The average molecular weight is 499 g/mol. The SMILES string of the molecule is CC(c1ccc(B2OC(C)(C)C(C)(C)O2)cc1)N1CCC2(CCC3(CC2)OCC(C)(C)CO3)OC1=O. The molecular formula is C28H42BNO6. The van der Waals surface area contributed by atoms with E-state index in [1.54, 1.807) is 0 Å². The van der Waals surface area contributed by atoms with Gasteiger partial charge in [-0.1, -0.05) is 38.1 Å². The van der Waals surface area contributed by atoms with Crippen LogP contribution in [0.2, 0.25) is 0 Å². The Hall–Kier alpha value is -1.61. The summed E-state index contributed by atoms with van der Waals surface area (Å²) in [6.07, 6.45) is 3.70. The van der Waals surface area contributed by atoms with Crippen LogP contribution in [0.5, 0.6) is 0 Å². The van der Waals surface area contributed by atoms with Gasteiger partial charge in [-0.25, -0.2) is 4.79 Å². The molecule has 1 atom stereocenters. The summed E-state index contributed by atoms with van der Waals surface area (Å²) in [5.41, 5.74) is 0.952. The molecule has 36 heavy (non-hydrogen) atoms. The fourth-order valence-corrected chi connectivity index (χ4v) is 5.62. The molecule has 0 N–H and O–H groups in total. The first-order chi connectivity index (χ1) is 16.7. The van der Waals surface area contributed by atoms with E-state index in [0.29, 0.717) is 19.8 Å². The maximum Gasteiger partial charge on any atom is 0.494 e. The third kappa shape index (κ3) is 4.70. The van der Waals surface area contributed by atoms with Gasteiger partial charge in [0.25, 0.3) is 0 Å². The van der Waals surface area contributed by atoms with Gasteiger partial charge in [-0.3, -0.25) is 0 Å². The normalized spacial score (nSPS) is 28.8. The van der Waals surface area contributed by atoms with Crippen LogP contribution in [0, 0.1) is 5.41 Å². The maximum atomic E-state index is 13.2. The van der Waals surface area contributed by atoms with E-state index in [2.05, 4.69) is 60.6 Å². The van der Waals surface area contributed by atoms with E-state index in [9.17, 15) is 4.79 Å². The summed E-state index contributed by atoms with van der Waals surface area (Å²) in [6, 6.07) is 8.12. The zero-order chi connectivity index (χ0) is 26.0. The standard InChI is InChI=1S/C28H42BNO6/c1-20(21-8-10-22(11-9-21)29-35-25(4,5)26(6,7)36-29)30-17-16-27(34-23(30)31)12-14-28(15-13-27)32-18-24(2,3)19-33-28/h8-11,20H,12-19H2,1-7H3. The van der Waals surface area contributed by atoms with Crippen molar-refractivity contribution in [3.63, 3.8) is 0 Å². The van der Waals surface area contributed by atoms with Crippen LogP contribution in [0.4, 0.5) is 4.79 Å². The molecule has 1 saturated carbocycles. The van der Waals surface area contributed by atoms with Crippen LogP contribution in [-0.2, 0) is 23.5 Å². The van der Waals surface area contributed by atoms with Gasteiger partial charge in [0.2, 0.25) is 0 Å². The number of hydrogen-bond acceptors (Lipinski definition) is 6. The molecule has 1 aliphatic carbocycles. The highest BCUT2D eigenvalue weighted by Gasteiger charge is 2.53. The predicted octanol–water partition coefficient (Wildman–Crippen LogP) is 4.97. The molecule has 3 aliphatic heterocycles. The summed E-state index contributed by atoms with van der Waals surface area (Å²) in [6.45, 7) is 16.7. The Morgan fingerprint density at radius 3 is 1.92 bits per heavy atom. The van der Waals surface area contributed by atoms with Crippen LogP contribution in [-0.4, -0.2) is 60.5 Å². The number of rotatable bonds is 3. The second-order valence-electron chi connectivity index (χ2n) is 13.1. The van der Waals surface area contributed by atoms with E-state index in [4.69, 9.17) is 23.5 Å². The van der Waals surface area contributed by atoms with Crippen LogP contribution >= 0.6 is 0 Å². The molecule has 0 bridgehead atoms. The molecular weight excluding hydrogens is 457 g/mol. The van der Waals surface area contributed by atoms with Crippen LogP contribution in [0.1, 0.15) is 92.2 Å². The Morgan fingerprint density at radius 2 is 1.39 bits per heavy atom. The third-order valence-corrected chi connectivity index (χ3v) is 9.13. The van der Waals surface area contributed by atoms with E-state index in [-0.39, 0.29) is 28.8 Å². The van der Waals surface area contributed by atoms with Crippen LogP contribution in [0.25, 0.3) is 0 Å². The molecule has 0 radical (unpaired) electrons. The highest BCUT2D eigenvalue weighted by Crippen LogP contribution is 2.47. The van der Waals surface area contributed by atoms with E-state index in [1.807, 2.05) is 17.0 Å². The van der Waals surface area contributed by atoms with Crippen molar-refractivity contribution in [2.45, 2.75) is 109 Å². The van der Waals surface area contributed by atoms with Gasteiger partial charge in [-0.2, -0.15) is 0 Å². The summed E-state index contributed by atoms with van der Waals surface area (Å²) in [5, 5.41) is 0. The summed E-state index contributed by atoms with van der Waals surface area (Å²) in [5.74, 6) is -0.503. The quantitative estimate of drug-likeness (QED) is 0.547. The average Bonchev–Trinajstić information content (AvgIpc) is 3.05. The highest BCUT2D eigenvalue weighted by atomic mass is 16.7. The van der Waals surface area contributed by atoms with Crippen LogP contribution < -0.4 is 5.46 Å². The van der Waals surface area contributed by atoms with Crippen molar-refractivity contribution in [1.29, 1.82) is 0 Å². The van der Waals surface area contributed by atoms with Crippen molar-refractivity contribution >= 4 is 18.7 Å². The first-order valence-electron chi connectivity index (χ1n) is 13.5. The molecule has 3 saturated heterocycles. The lowest BCUT2D eigenvalue weighted by Crippen LogP contribution is -2.56. The molecule has 4 aliphatic rings. The Bertz CT molecular complexity index is 954. The molecule has 4 fully saturated rings. The van der Waals surface area contributed by atoms with Gasteiger partial charge in [0.05, 0.1) is 30.5 Å². The Balaban J connectivity index is 1.18. The van der Waals surface area contributed by atoms with Crippen molar-refractivity contribution in [2.24, 2.45) is 5.41 Å². The second kappa shape index (κ2) is 8.72. The third-order valence-electron chi connectivity index (χ3n) is 9.13. The number of ether oxygens (including phenoxy) is 3. The van der Waals surface area contributed by atoms with Gasteiger partial charge in [-0.05, 0) is 58.5 Å². The van der Waals surface area contributed by atoms with E-state index < -0.39 is 18.5 Å². The minimum atomic E-state index is -0.503. The summed E-state index contributed by atoms with van der Waals surface area (Å²) in [4.78, 5) is 15.0. The molecule has 0 aromatic heterocycles. The van der Waals surface area contributed by atoms with Crippen molar-refractivity contribution in [1.82, 2.24) is 4.90 Å². The molecule has 1 aromatic rings. The van der Waals surface area contributed by atoms with Gasteiger partial charge < -0.3 is 28.4 Å². The first kappa shape index (κ1) is 26.0. The fourth-order valence-electron chi connectivity index (χ4n) is 5.62. The number of carbonyl (C=O) groups excluding carboxylic acids is 1. The molecule has 1 unspecified atom stereocenters. The van der Waals surface area contributed by atoms with Gasteiger partial charge in [0, 0.05) is 31.2 Å². The van der Waals surface area contributed by atoms with E-state index >= 15 is 0 Å². The fraction of sp³-hybridized carbons (Fsp3) is 0.750. The number of amides is 1. The van der Waals surface area contributed by atoms with Crippen molar-refractivity contribution in [3.05, 3.63) is 29.8 Å². The lowest BCUT2D eigenvalue weighted by atomic mass is 9.77. The molecule has 2 spiro atoms. The van der Waals surface area contributed by atoms with Crippen molar-refractivity contribution < 1.29 is 28.3 Å². The maximum absolute atomic E-state index is 13.2. The Labute approximate surface area is 216 Å². The Kier molecular flexibility index (Phi) is 6.30. The predicted molar refractivity (Wildman–Crippen MR) is 138 cm³/mol. The van der Waals surface area contributed by atoms with Crippen LogP contribution in [0.15, 0.2) is 24.3 Å². The minimum Gasteiger partial charge on any atom is -0.443 e. The number of nitrogens with zero attached hydrogens (tertiary/aromatic N) is 1. The lowest BCUT2D eigenvalue weighted by molar-refractivity contribution is -0.320. The van der Waals surface area contributed by atoms with Gasteiger partial charge in [-0.15, -0.1) is 0 Å². The monoisotopic (exact) mass is 499 g/mol. The minimum absolute atomic E-state index is 0.0524. The summed E-state index contributed by atoms with van der Waals surface area (Å²) >= 11 is 0. The number of carbonyl (C=O) groups is 1. The molecule has 8 heteroatoms. The summed E-state index contributed by atoms with van der Waals surface area (Å²) in [7, 11) is -0.392. The molecule has 7 nitrogen and oxygen atoms in total. The molecule has 1 aromatic carbocycles. The lowest BCUT2D eigenvalue weighted by Gasteiger charge is -2.51. The van der Waals surface area contributed by atoms with Gasteiger partial charge in [0.15, 0.2) is 5.79 Å². The Morgan fingerprint density at radius 1 is 0.833 bits per heavy atom. The smallest absolute Gasteiger partial charge is 0.443 e. The topological polar surface area (TPSA) is 66.5 Å². The number of hydrogen-bond donors (Lipinski definition) is 0. The molecule has 3 heterocycles. The molecule has 1 amide bonds. The van der Waals surface area contributed by atoms with Gasteiger partial charge in [0.1, 0.15) is 5.60 Å². The zero-order valence-corrected chi connectivity index (χ0v) is 23.0. The zero-order valence-electron chi connectivity index (χ0n) is 23.0. The highest BCUT2D eigenvalue weighted by molar-refractivity contribution is 6.62. The number of benzene rings is 1. The second-order valence-corrected chi connectivity index (χ2v) is 13.1. The van der Waals surface area contributed by atoms with Crippen LogP contribution in [0.3, 0.4) is 0 Å².